The van der Waals surface area contributed by atoms with Crippen LogP contribution in [0.2, 0.25) is 0 Å². The molecule has 1 fully saturated rings. The molecule has 3 heteroatoms. The zero-order valence-electron chi connectivity index (χ0n) is 11.8. The number of nitrogens with two attached hydrogens (primary N) is 1. The van der Waals surface area contributed by atoms with E-state index in [0.29, 0.717) is 5.92 Å². The summed E-state index contributed by atoms with van der Waals surface area (Å²) in [5.74, 6) is 0.812. The lowest BCUT2D eigenvalue weighted by atomic mass is 9.94. The minimum atomic E-state index is 0.206. The molecule has 2 rings (SSSR count). The molecule has 0 aromatic heterocycles. The third-order valence-corrected chi connectivity index (χ3v) is 3.96. The van der Waals surface area contributed by atoms with E-state index in [2.05, 4.69) is 44.2 Å². The van der Waals surface area contributed by atoms with Gasteiger partial charge in [0.25, 0.3) is 0 Å². The average molecular weight is 257 g/mol. The van der Waals surface area contributed by atoms with Crippen molar-refractivity contribution in [2.45, 2.75) is 26.7 Å². The van der Waals surface area contributed by atoms with Gasteiger partial charge in [0.2, 0.25) is 0 Å². The Morgan fingerprint density at radius 1 is 1.26 bits per heavy atom. The van der Waals surface area contributed by atoms with Crippen LogP contribution in [-0.2, 0) is 0 Å². The fraction of sp³-hybridized carbons (Fsp3) is 0.438. The summed E-state index contributed by atoms with van der Waals surface area (Å²) in [5, 5.41) is 7.43. The van der Waals surface area contributed by atoms with Crippen LogP contribution in [-0.4, -0.2) is 23.9 Å². The van der Waals surface area contributed by atoms with Gasteiger partial charge in [0.05, 0.1) is 0 Å². The van der Waals surface area contributed by atoms with Gasteiger partial charge in [-0.25, -0.2) is 0 Å². The number of allylic oxidation sites excluding steroid dienone is 1. The lowest BCUT2D eigenvalue weighted by molar-refractivity contribution is 0.295. The van der Waals surface area contributed by atoms with Gasteiger partial charge >= 0.3 is 0 Å². The first-order chi connectivity index (χ1) is 9.08. The molecule has 0 saturated carbocycles. The maximum absolute atomic E-state index is 7.43. The van der Waals surface area contributed by atoms with Gasteiger partial charge in [0.1, 0.15) is 0 Å². The fourth-order valence-corrected chi connectivity index (χ4v) is 2.66. The van der Waals surface area contributed by atoms with Gasteiger partial charge in [-0.3, -0.25) is 5.41 Å². The first kappa shape index (κ1) is 13.7. The highest BCUT2D eigenvalue weighted by Crippen LogP contribution is 2.21. The van der Waals surface area contributed by atoms with Crippen molar-refractivity contribution in [1.82, 2.24) is 4.90 Å². The number of guanidine groups is 1. The second-order valence-corrected chi connectivity index (χ2v) is 5.37. The Bertz CT molecular complexity index is 463. The number of benzene rings is 1. The standard InChI is InChI=1S/C16H23N3/c1-12-4-3-5-13(2)15(12)7-6-14-8-10-19(11-9-14)16(17)18/h3-7,14H,8-11H2,1-2H3,(H3,17,18)/b7-6+. The maximum atomic E-state index is 7.43. The predicted molar refractivity (Wildman–Crippen MR) is 81.2 cm³/mol. The Kier molecular flexibility index (Phi) is 4.25. The summed E-state index contributed by atoms with van der Waals surface area (Å²) in [4.78, 5) is 1.95. The molecule has 1 aliphatic rings. The molecule has 1 aromatic carbocycles. The van der Waals surface area contributed by atoms with E-state index < -0.39 is 0 Å². The second-order valence-electron chi connectivity index (χ2n) is 5.37. The van der Waals surface area contributed by atoms with Crippen LogP contribution >= 0.6 is 0 Å². The van der Waals surface area contributed by atoms with E-state index >= 15 is 0 Å². The van der Waals surface area contributed by atoms with Crippen LogP contribution in [0.4, 0.5) is 0 Å². The van der Waals surface area contributed by atoms with Crippen LogP contribution in [0, 0.1) is 25.2 Å². The van der Waals surface area contributed by atoms with Gasteiger partial charge in [0, 0.05) is 13.1 Å². The van der Waals surface area contributed by atoms with E-state index in [1.165, 1.54) is 16.7 Å². The van der Waals surface area contributed by atoms with Crippen LogP contribution in [0.1, 0.15) is 29.5 Å². The minimum absolute atomic E-state index is 0.206. The van der Waals surface area contributed by atoms with Crippen molar-refractivity contribution in [3.63, 3.8) is 0 Å². The lowest BCUT2D eigenvalue weighted by Gasteiger charge is -2.30. The molecule has 1 saturated heterocycles. The van der Waals surface area contributed by atoms with Gasteiger partial charge in [0.15, 0.2) is 5.96 Å². The summed E-state index contributed by atoms with van der Waals surface area (Å²) in [7, 11) is 0. The number of piperidine rings is 1. The smallest absolute Gasteiger partial charge is 0.188 e. The first-order valence-corrected chi connectivity index (χ1v) is 6.91. The zero-order chi connectivity index (χ0) is 13.8. The molecule has 1 heterocycles. The highest BCUT2D eigenvalue weighted by molar-refractivity contribution is 5.74. The Hall–Kier alpha value is -1.77. The highest BCUT2D eigenvalue weighted by atomic mass is 15.2. The average Bonchev–Trinajstić information content (AvgIpc) is 2.38. The van der Waals surface area contributed by atoms with Crippen molar-refractivity contribution >= 4 is 12.0 Å². The molecule has 0 unspecified atom stereocenters. The van der Waals surface area contributed by atoms with Crippen molar-refractivity contribution in [3.05, 3.63) is 41.0 Å². The zero-order valence-corrected chi connectivity index (χ0v) is 11.8. The van der Waals surface area contributed by atoms with Gasteiger partial charge in [-0.2, -0.15) is 0 Å². The number of nitrogens with one attached hydrogen (secondary N) is 1. The van der Waals surface area contributed by atoms with Crippen molar-refractivity contribution in [2.24, 2.45) is 11.7 Å². The number of likely N-dealkylation sites (tertiary alicyclic amines) is 1. The highest BCUT2D eigenvalue weighted by Gasteiger charge is 2.17. The molecular weight excluding hydrogens is 234 g/mol. The molecule has 1 aliphatic heterocycles. The summed E-state index contributed by atoms with van der Waals surface area (Å²) in [6.07, 6.45) is 6.76. The maximum Gasteiger partial charge on any atom is 0.188 e. The van der Waals surface area contributed by atoms with Gasteiger partial charge < -0.3 is 10.6 Å². The predicted octanol–water partition coefficient (Wildman–Crippen LogP) is 2.92. The third kappa shape index (κ3) is 3.37. The topological polar surface area (TPSA) is 53.1 Å². The summed E-state index contributed by atoms with van der Waals surface area (Å²) in [6.45, 7) is 6.12. The van der Waals surface area contributed by atoms with Crippen molar-refractivity contribution in [1.29, 1.82) is 5.41 Å². The molecule has 0 aliphatic carbocycles. The van der Waals surface area contributed by atoms with Gasteiger partial charge in [-0.1, -0.05) is 30.4 Å². The Morgan fingerprint density at radius 3 is 2.37 bits per heavy atom. The van der Waals surface area contributed by atoms with E-state index in [9.17, 15) is 0 Å². The SMILES string of the molecule is Cc1cccc(C)c1/C=C/C1CCN(C(=N)N)CC1. The van der Waals surface area contributed by atoms with E-state index in [1.54, 1.807) is 0 Å². The Labute approximate surface area is 115 Å². The Balaban J connectivity index is 1.99. The number of nitrogens with zero attached hydrogens (tertiary/aromatic N) is 1. The molecule has 0 amide bonds. The minimum Gasteiger partial charge on any atom is -0.370 e. The number of hydrogen-bond donors (Lipinski definition) is 2. The number of aryl methyl sites for hydroxylation is 2. The van der Waals surface area contributed by atoms with Crippen LogP contribution in [0.3, 0.4) is 0 Å². The summed E-state index contributed by atoms with van der Waals surface area (Å²) < 4.78 is 0. The quantitative estimate of drug-likeness (QED) is 0.632. The van der Waals surface area contributed by atoms with Gasteiger partial charge in [-0.15, -0.1) is 0 Å². The molecule has 0 atom stereocenters. The van der Waals surface area contributed by atoms with Crippen LogP contribution < -0.4 is 5.73 Å². The second kappa shape index (κ2) is 5.91. The molecule has 0 spiro atoms. The first-order valence-electron chi connectivity index (χ1n) is 6.91. The summed E-state index contributed by atoms with van der Waals surface area (Å²) in [5.41, 5.74) is 9.51. The molecule has 102 valence electrons. The van der Waals surface area contributed by atoms with E-state index in [0.717, 1.165) is 25.9 Å². The number of rotatable bonds is 2. The third-order valence-electron chi connectivity index (χ3n) is 3.96. The van der Waals surface area contributed by atoms with Crippen molar-refractivity contribution in [2.75, 3.05) is 13.1 Å². The molecule has 3 N–H and O–H groups in total. The molecule has 0 bridgehead atoms. The van der Waals surface area contributed by atoms with Crippen molar-refractivity contribution < 1.29 is 0 Å². The van der Waals surface area contributed by atoms with Crippen LogP contribution in [0.25, 0.3) is 6.08 Å². The van der Waals surface area contributed by atoms with Crippen molar-refractivity contribution in [3.8, 4) is 0 Å². The monoisotopic (exact) mass is 257 g/mol. The molecule has 0 radical (unpaired) electrons. The lowest BCUT2D eigenvalue weighted by Crippen LogP contribution is -2.41. The number of hydrogen-bond acceptors (Lipinski definition) is 1. The van der Waals surface area contributed by atoms with Crippen LogP contribution in [0.5, 0.6) is 0 Å². The molecule has 1 aromatic rings. The fourth-order valence-electron chi connectivity index (χ4n) is 2.66. The van der Waals surface area contributed by atoms with Crippen LogP contribution in [0.15, 0.2) is 24.3 Å². The van der Waals surface area contributed by atoms with E-state index in [1.807, 2.05) is 4.90 Å². The van der Waals surface area contributed by atoms with Gasteiger partial charge in [-0.05, 0) is 49.3 Å². The van der Waals surface area contributed by atoms with E-state index in [-0.39, 0.29) is 5.96 Å². The molecular formula is C16H23N3. The Morgan fingerprint density at radius 2 is 1.84 bits per heavy atom. The van der Waals surface area contributed by atoms with E-state index in [4.69, 9.17) is 11.1 Å². The largest absolute Gasteiger partial charge is 0.370 e. The summed E-state index contributed by atoms with van der Waals surface area (Å²) in [6, 6.07) is 6.42. The molecule has 3 nitrogen and oxygen atoms in total. The summed E-state index contributed by atoms with van der Waals surface area (Å²) >= 11 is 0. The normalized spacial score (nSPS) is 17.1. The molecule has 19 heavy (non-hydrogen) atoms.